The molecule has 3 nitrogen and oxygen atoms in total. The van der Waals surface area contributed by atoms with Crippen LogP contribution in [0.5, 0.6) is 0 Å². The third-order valence-corrected chi connectivity index (χ3v) is 1.67. The summed E-state index contributed by atoms with van der Waals surface area (Å²) in [5, 5.41) is 0. The van der Waals surface area contributed by atoms with Crippen LogP contribution in [0.3, 0.4) is 0 Å². The molecule has 0 atom stereocenters. The van der Waals surface area contributed by atoms with Crippen LogP contribution in [0.4, 0.5) is 0 Å². The maximum Gasteiger partial charge on any atom is 0.229 e. The second-order valence-electron chi connectivity index (χ2n) is 4.55. The van der Waals surface area contributed by atoms with Gasteiger partial charge in [0.1, 0.15) is 0 Å². The van der Waals surface area contributed by atoms with Crippen LogP contribution in [0.25, 0.3) is 0 Å². The predicted molar refractivity (Wildman–Crippen MR) is 56.7 cm³/mol. The van der Waals surface area contributed by atoms with Gasteiger partial charge in [-0.3, -0.25) is 14.5 Å². The van der Waals surface area contributed by atoms with Crippen LogP contribution in [-0.4, -0.2) is 23.3 Å². The van der Waals surface area contributed by atoms with Gasteiger partial charge in [0, 0.05) is 19.9 Å². The van der Waals surface area contributed by atoms with Crippen molar-refractivity contribution >= 4 is 11.8 Å². The van der Waals surface area contributed by atoms with Crippen molar-refractivity contribution in [1.82, 2.24) is 4.90 Å². The predicted octanol–water partition coefficient (Wildman–Crippen LogP) is 1.98. The lowest BCUT2D eigenvalue weighted by atomic mass is 9.91. The fraction of sp³-hybridized carbons (Fsp3) is 0.636. The number of carbonyl (C=O) groups excluding carboxylic acids is 2. The Balaban J connectivity index is 4.45. The molecule has 0 saturated carbocycles. The molecule has 0 saturated heterocycles. The van der Waals surface area contributed by atoms with Crippen molar-refractivity contribution in [3.63, 3.8) is 0 Å². The van der Waals surface area contributed by atoms with Gasteiger partial charge in [0.05, 0.1) is 0 Å². The van der Waals surface area contributed by atoms with Crippen molar-refractivity contribution in [2.45, 2.75) is 34.1 Å². The smallest absolute Gasteiger partial charge is 0.229 e. The molecule has 0 aromatic rings. The van der Waals surface area contributed by atoms with Crippen molar-refractivity contribution in [1.29, 1.82) is 0 Å². The van der Waals surface area contributed by atoms with E-state index < -0.39 is 0 Å². The van der Waals surface area contributed by atoms with Crippen LogP contribution in [0.1, 0.15) is 34.1 Å². The molecule has 0 rings (SSSR count). The number of nitrogens with zero attached hydrogens (tertiary/aromatic N) is 1. The lowest BCUT2D eigenvalue weighted by Gasteiger charge is -2.23. The van der Waals surface area contributed by atoms with Gasteiger partial charge in [0.25, 0.3) is 0 Å². The minimum absolute atomic E-state index is 0.0913. The zero-order valence-corrected chi connectivity index (χ0v) is 9.46. The van der Waals surface area contributed by atoms with E-state index in [0.717, 1.165) is 0 Å². The van der Waals surface area contributed by atoms with Crippen LogP contribution >= 0.6 is 0 Å². The van der Waals surface area contributed by atoms with Crippen LogP contribution in [0.2, 0.25) is 0 Å². The average molecular weight is 197 g/mol. The number of hydrogen-bond acceptors (Lipinski definition) is 2. The molecule has 0 heterocycles. The van der Waals surface area contributed by atoms with Crippen molar-refractivity contribution in [3.8, 4) is 0 Å². The highest BCUT2D eigenvalue weighted by atomic mass is 16.2. The maximum absolute atomic E-state index is 11.6. The highest BCUT2D eigenvalue weighted by Crippen LogP contribution is 2.19. The van der Waals surface area contributed by atoms with Crippen molar-refractivity contribution in [2.24, 2.45) is 5.41 Å². The van der Waals surface area contributed by atoms with Gasteiger partial charge in [-0.2, -0.15) is 0 Å². The van der Waals surface area contributed by atoms with Gasteiger partial charge in [-0.15, -0.1) is 6.58 Å². The summed E-state index contributed by atoms with van der Waals surface area (Å²) >= 11 is 0. The maximum atomic E-state index is 11.6. The summed E-state index contributed by atoms with van der Waals surface area (Å²) in [4.78, 5) is 24.0. The molecule has 0 fully saturated rings. The Morgan fingerprint density at radius 3 is 2.14 bits per heavy atom. The molecule has 2 amide bonds. The number of carbonyl (C=O) groups is 2. The monoisotopic (exact) mass is 197 g/mol. The summed E-state index contributed by atoms with van der Waals surface area (Å²) in [7, 11) is 0. The van der Waals surface area contributed by atoms with E-state index in [1.165, 1.54) is 11.8 Å². The van der Waals surface area contributed by atoms with Gasteiger partial charge in [0.15, 0.2) is 0 Å². The molecule has 0 bridgehead atoms. The molecule has 3 heteroatoms. The van der Waals surface area contributed by atoms with Crippen LogP contribution in [-0.2, 0) is 9.59 Å². The van der Waals surface area contributed by atoms with Gasteiger partial charge in [-0.05, 0) is 5.41 Å². The molecule has 0 aromatic heterocycles. The molecule has 80 valence electrons. The summed E-state index contributed by atoms with van der Waals surface area (Å²) in [6, 6.07) is 0. The van der Waals surface area contributed by atoms with E-state index in [4.69, 9.17) is 0 Å². The molecule has 0 N–H and O–H groups in total. The Hall–Kier alpha value is -1.12. The highest BCUT2D eigenvalue weighted by molar-refractivity contribution is 5.94. The molecule has 0 unspecified atom stereocenters. The second kappa shape index (κ2) is 4.94. The first-order valence-electron chi connectivity index (χ1n) is 4.70. The largest absolute Gasteiger partial charge is 0.279 e. The third-order valence-electron chi connectivity index (χ3n) is 1.67. The average Bonchev–Trinajstić information content (AvgIpc) is 1.95. The lowest BCUT2D eigenvalue weighted by molar-refractivity contribution is -0.143. The summed E-state index contributed by atoms with van der Waals surface area (Å²) in [5.74, 6) is -0.357. The highest BCUT2D eigenvalue weighted by Gasteiger charge is 2.22. The molecule has 0 aliphatic heterocycles. The molecule has 14 heavy (non-hydrogen) atoms. The quantitative estimate of drug-likeness (QED) is 0.649. The van der Waals surface area contributed by atoms with E-state index in [0.29, 0.717) is 13.0 Å². The Kier molecular flexibility index (Phi) is 4.54. The van der Waals surface area contributed by atoms with E-state index >= 15 is 0 Å². The van der Waals surface area contributed by atoms with Crippen LogP contribution in [0, 0.1) is 5.41 Å². The third kappa shape index (κ3) is 4.80. The summed E-state index contributed by atoms with van der Waals surface area (Å²) in [6.07, 6.45) is 1.93. The number of amides is 2. The van der Waals surface area contributed by atoms with E-state index in [-0.39, 0.29) is 17.2 Å². The van der Waals surface area contributed by atoms with E-state index in [9.17, 15) is 9.59 Å². The number of hydrogen-bond donors (Lipinski definition) is 0. The Labute approximate surface area is 85.8 Å². The van der Waals surface area contributed by atoms with E-state index in [2.05, 4.69) is 6.58 Å². The molecular formula is C11H19NO2. The van der Waals surface area contributed by atoms with Gasteiger partial charge in [0.2, 0.25) is 11.8 Å². The number of rotatable bonds is 3. The first-order chi connectivity index (χ1) is 6.28. The SMILES string of the molecule is C=CCN(C(C)=O)C(=O)CC(C)(C)C. The fourth-order valence-electron chi connectivity index (χ4n) is 1.08. The minimum Gasteiger partial charge on any atom is -0.279 e. The first kappa shape index (κ1) is 12.9. The summed E-state index contributed by atoms with van der Waals surface area (Å²) in [5.41, 5.74) is -0.0913. The standard InChI is InChI=1S/C11H19NO2/c1-6-7-12(9(2)13)10(14)8-11(3,4)5/h6H,1,7-8H2,2-5H3. The van der Waals surface area contributed by atoms with Crippen molar-refractivity contribution in [3.05, 3.63) is 12.7 Å². The Morgan fingerprint density at radius 1 is 1.36 bits per heavy atom. The molecule has 0 aromatic carbocycles. The molecule has 0 aliphatic rings. The van der Waals surface area contributed by atoms with E-state index in [1.54, 1.807) is 6.08 Å². The molecular weight excluding hydrogens is 178 g/mol. The van der Waals surface area contributed by atoms with Crippen LogP contribution in [0.15, 0.2) is 12.7 Å². The van der Waals surface area contributed by atoms with Gasteiger partial charge in [-0.25, -0.2) is 0 Å². The first-order valence-corrected chi connectivity index (χ1v) is 4.70. The topological polar surface area (TPSA) is 37.4 Å². The second-order valence-corrected chi connectivity index (χ2v) is 4.55. The molecule has 0 radical (unpaired) electrons. The summed E-state index contributed by atoms with van der Waals surface area (Å²) in [6.45, 7) is 11.1. The molecule has 0 spiro atoms. The Bertz CT molecular complexity index is 238. The minimum atomic E-state index is -0.223. The lowest BCUT2D eigenvalue weighted by Crippen LogP contribution is -2.37. The normalized spacial score (nSPS) is 10.9. The van der Waals surface area contributed by atoms with E-state index in [1.807, 2.05) is 20.8 Å². The summed E-state index contributed by atoms with van der Waals surface area (Å²) < 4.78 is 0. The fourth-order valence-corrected chi connectivity index (χ4v) is 1.08. The Morgan fingerprint density at radius 2 is 1.86 bits per heavy atom. The zero-order chi connectivity index (χ0) is 11.4. The van der Waals surface area contributed by atoms with Gasteiger partial charge in [-0.1, -0.05) is 26.8 Å². The molecule has 0 aliphatic carbocycles. The van der Waals surface area contributed by atoms with Crippen molar-refractivity contribution < 1.29 is 9.59 Å². The number of imide groups is 1. The van der Waals surface area contributed by atoms with Gasteiger partial charge < -0.3 is 0 Å². The van der Waals surface area contributed by atoms with Crippen molar-refractivity contribution in [2.75, 3.05) is 6.54 Å². The van der Waals surface area contributed by atoms with Crippen LogP contribution < -0.4 is 0 Å². The zero-order valence-electron chi connectivity index (χ0n) is 9.46. The van der Waals surface area contributed by atoms with Gasteiger partial charge >= 0.3 is 0 Å².